The number of likely N-dealkylation sites (tertiary alicyclic amines) is 1. The average molecular weight is 269 g/mol. The van der Waals surface area contributed by atoms with E-state index in [2.05, 4.69) is 51.6 Å². The summed E-state index contributed by atoms with van der Waals surface area (Å²) in [5.41, 5.74) is 6.47. The molecule has 19 heavy (non-hydrogen) atoms. The van der Waals surface area contributed by atoms with Crippen molar-refractivity contribution in [3.05, 3.63) is 0 Å². The minimum absolute atomic E-state index is 0.215. The Balaban J connectivity index is 2.83. The van der Waals surface area contributed by atoms with Crippen molar-refractivity contribution >= 4 is 0 Å². The standard InChI is InChI=1S/C16H35N3/c1-13(2)9-16(12-17,10-14(3)4)19-8-7-15(11-19)18(5)6/h13-15H,7-12,17H2,1-6H3. The van der Waals surface area contributed by atoms with Gasteiger partial charge < -0.3 is 10.6 Å². The van der Waals surface area contributed by atoms with E-state index in [9.17, 15) is 0 Å². The first-order valence-corrected chi connectivity index (χ1v) is 7.92. The lowest BCUT2D eigenvalue weighted by atomic mass is 9.80. The molecule has 3 nitrogen and oxygen atoms in total. The van der Waals surface area contributed by atoms with Crippen LogP contribution in [0.1, 0.15) is 47.0 Å². The topological polar surface area (TPSA) is 32.5 Å². The van der Waals surface area contributed by atoms with Gasteiger partial charge in [0.05, 0.1) is 0 Å². The van der Waals surface area contributed by atoms with Crippen LogP contribution >= 0.6 is 0 Å². The van der Waals surface area contributed by atoms with E-state index in [4.69, 9.17) is 5.73 Å². The Hall–Kier alpha value is -0.120. The monoisotopic (exact) mass is 269 g/mol. The van der Waals surface area contributed by atoms with E-state index < -0.39 is 0 Å². The van der Waals surface area contributed by atoms with Gasteiger partial charge in [-0.2, -0.15) is 0 Å². The van der Waals surface area contributed by atoms with Gasteiger partial charge in [-0.1, -0.05) is 27.7 Å². The predicted octanol–water partition coefficient (Wildman–Crippen LogP) is 2.41. The van der Waals surface area contributed by atoms with Crippen molar-refractivity contribution in [3.63, 3.8) is 0 Å². The van der Waals surface area contributed by atoms with Gasteiger partial charge in [0.25, 0.3) is 0 Å². The number of hydrogen-bond acceptors (Lipinski definition) is 3. The lowest BCUT2D eigenvalue weighted by molar-refractivity contribution is 0.0699. The molecule has 2 N–H and O–H groups in total. The highest BCUT2D eigenvalue weighted by Crippen LogP contribution is 2.33. The van der Waals surface area contributed by atoms with Crippen molar-refractivity contribution in [2.24, 2.45) is 17.6 Å². The molecule has 0 bridgehead atoms. The van der Waals surface area contributed by atoms with Crippen LogP contribution in [0.4, 0.5) is 0 Å². The van der Waals surface area contributed by atoms with Crippen molar-refractivity contribution in [1.29, 1.82) is 0 Å². The van der Waals surface area contributed by atoms with E-state index in [1.807, 2.05) is 0 Å². The van der Waals surface area contributed by atoms with Crippen LogP contribution in [-0.4, -0.2) is 55.1 Å². The first kappa shape index (κ1) is 16.9. The molecule has 0 aromatic rings. The summed E-state index contributed by atoms with van der Waals surface area (Å²) in [5, 5.41) is 0. The van der Waals surface area contributed by atoms with E-state index in [-0.39, 0.29) is 5.54 Å². The van der Waals surface area contributed by atoms with Crippen LogP contribution in [0.25, 0.3) is 0 Å². The third-order valence-electron chi connectivity index (χ3n) is 4.52. The number of rotatable bonds is 7. The molecule has 1 aliphatic heterocycles. The van der Waals surface area contributed by atoms with Crippen molar-refractivity contribution < 1.29 is 0 Å². The van der Waals surface area contributed by atoms with Crippen molar-refractivity contribution in [3.8, 4) is 0 Å². The second-order valence-corrected chi connectivity index (χ2v) is 7.48. The van der Waals surface area contributed by atoms with Gasteiger partial charge in [0.2, 0.25) is 0 Å². The van der Waals surface area contributed by atoms with Crippen molar-refractivity contribution in [2.75, 3.05) is 33.7 Å². The molecule has 0 aromatic heterocycles. The maximum Gasteiger partial charge on any atom is 0.0337 e. The molecular weight excluding hydrogens is 234 g/mol. The SMILES string of the molecule is CC(C)CC(CN)(CC(C)C)N1CCC(N(C)C)C1. The molecule has 1 unspecified atom stereocenters. The molecule has 0 spiro atoms. The highest BCUT2D eigenvalue weighted by Gasteiger charge is 2.40. The van der Waals surface area contributed by atoms with Gasteiger partial charge in [-0.15, -0.1) is 0 Å². The summed E-state index contributed by atoms with van der Waals surface area (Å²) in [4.78, 5) is 5.06. The zero-order chi connectivity index (χ0) is 14.6. The highest BCUT2D eigenvalue weighted by molar-refractivity contribution is 4.98. The molecule has 1 fully saturated rings. The molecule has 114 valence electrons. The molecule has 0 aliphatic carbocycles. The van der Waals surface area contributed by atoms with Crippen LogP contribution in [0.15, 0.2) is 0 Å². The van der Waals surface area contributed by atoms with Crippen LogP contribution in [0.2, 0.25) is 0 Å². The summed E-state index contributed by atoms with van der Waals surface area (Å²) in [5.74, 6) is 1.42. The molecule has 0 aromatic carbocycles. The van der Waals surface area contributed by atoms with Crippen molar-refractivity contribution in [1.82, 2.24) is 9.80 Å². The normalized spacial score (nSPS) is 22.1. The molecule has 0 radical (unpaired) electrons. The molecule has 3 heteroatoms. The Labute approximate surface area is 120 Å². The third kappa shape index (κ3) is 4.44. The third-order valence-corrected chi connectivity index (χ3v) is 4.52. The fourth-order valence-corrected chi connectivity index (χ4v) is 3.75. The summed E-state index contributed by atoms with van der Waals surface area (Å²) in [6, 6.07) is 0.699. The van der Waals surface area contributed by atoms with Crippen LogP contribution < -0.4 is 5.73 Å². The molecule has 0 saturated carbocycles. The second kappa shape index (κ2) is 7.05. The van der Waals surface area contributed by atoms with Gasteiger partial charge in [-0.3, -0.25) is 4.90 Å². The summed E-state index contributed by atoms with van der Waals surface area (Å²) < 4.78 is 0. The highest BCUT2D eigenvalue weighted by atomic mass is 15.3. The smallest absolute Gasteiger partial charge is 0.0337 e. The molecule has 1 saturated heterocycles. The summed E-state index contributed by atoms with van der Waals surface area (Å²) in [7, 11) is 4.40. The van der Waals surface area contributed by atoms with E-state index in [0.29, 0.717) is 17.9 Å². The molecule has 0 amide bonds. The lowest BCUT2D eigenvalue weighted by Gasteiger charge is -2.44. The zero-order valence-electron chi connectivity index (χ0n) is 13.9. The largest absolute Gasteiger partial charge is 0.329 e. The number of hydrogen-bond donors (Lipinski definition) is 1. The van der Waals surface area contributed by atoms with E-state index in [1.54, 1.807) is 0 Å². The zero-order valence-corrected chi connectivity index (χ0v) is 13.9. The maximum atomic E-state index is 6.25. The summed E-state index contributed by atoms with van der Waals surface area (Å²) in [6.07, 6.45) is 3.73. The molecule has 1 atom stereocenters. The van der Waals surface area contributed by atoms with Crippen LogP contribution in [0, 0.1) is 11.8 Å². The molecular formula is C16H35N3. The Morgan fingerprint density at radius 2 is 1.68 bits per heavy atom. The van der Waals surface area contributed by atoms with E-state index in [1.165, 1.54) is 32.4 Å². The number of nitrogens with zero attached hydrogens (tertiary/aromatic N) is 2. The fourth-order valence-electron chi connectivity index (χ4n) is 3.75. The Morgan fingerprint density at radius 3 is 2.00 bits per heavy atom. The number of nitrogens with two attached hydrogens (primary N) is 1. The van der Waals surface area contributed by atoms with Crippen LogP contribution in [0.5, 0.6) is 0 Å². The van der Waals surface area contributed by atoms with Gasteiger partial charge in [-0.05, 0) is 45.2 Å². The minimum atomic E-state index is 0.215. The number of likely N-dealkylation sites (N-methyl/N-ethyl adjacent to an activating group) is 1. The Morgan fingerprint density at radius 1 is 1.16 bits per heavy atom. The van der Waals surface area contributed by atoms with Crippen LogP contribution in [0.3, 0.4) is 0 Å². The maximum absolute atomic E-state index is 6.25. The fraction of sp³-hybridized carbons (Fsp3) is 1.00. The van der Waals surface area contributed by atoms with Crippen LogP contribution in [-0.2, 0) is 0 Å². The second-order valence-electron chi connectivity index (χ2n) is 7.48. The Kier molecular flexibility index (Phi) is 6.28. The quantitative estimate of drug-likeness (QED) is 0.770. The average Bonchev–Trinajstić information content (AvgIpc) is 2.76. The molecule has 1 heterocycles. The summed E-state index contributed by atoms with van der Waals surface area (Å²) >= 11 is 0. The molecule has 1 aliphatic rings. The van der Waals surface area contributed by atoms with Crippen molar-refractivity contribution in [2.45, 2.75) is 58.5 Å². The molecule has 1 rings (SSSR count). The van der Waals surface area contributed by atoms with E-state index in [0.717, 1.165) is 6.54 Å². The summed E-state index contributed by atoms with van der Waals surface area (Å²) in [6.45, 7) is 12.5. The lowest BCUT2D eigenvalue weighted by Crippen LogP contribution is -2.55. The first-order chi connectivity index (χ1) is 8.80. The van der Waals surface area contributed by atoms with E-state index >= 15 is 0 Å². The van der Waals surface area contributed by atoms with Gasteiger partial charge in [-0.25, -0.2) is 0 Å². The van der Waals surface area contributed by atoms with Gasteiger partial charge in [0.15, 0.2) is 0 Å². The minimum Gasteiger partial charge on any atom is -0.329 e. The predicted molar refractivity (Wildman–Crippen MR) is 84.4 cm³/mol. The van der Waals surface area contributed by atoms with Gasteiger partial charge in [0, 0.05) is 31.2 Å². The van der Waals surface area contributed by atoms with Gasteiger partial charge in [0.1, 0.15) is 0 Å². The Bertz CT molecular complexity index is 251. The van der Waals surface area contributed by atoms with Gasteiger partial charge >= 0.3 is 0 Å². The first-order valence-electron chi connectivity index (χ1n) is 7.92.